The molecule has 0 aromatic heterocycles. The highest BCUT2D eigenvalue weighted by atomic mass is 16.4. The predicted octanol–water partition coefficient (Wildman–Crippen LogP) is -1.82. The fourth-order valence-electron chi connectivity index (χ4n) is 4.62. The van der Waals surface area contributed by atoms with Crippen molar-refractivity contribution in [1.82, 2.24) is 0 Å². The maximum atomic E-state index is 9.59. The number of quaternary nitrogens is 2. The molecule has 4 heterocycles. The second kappa shape index (κ2) is 4.05. The first-order valence-corrected chi connectivity index (χ1v) is 7.27. The lowest BCUT2D eigenvalue weighted by Gasteiger charge is -2.45. The van der Waals surface area contributed by atoms with Crippen LogP contribution in [-0.2, 0) is 5.41 Å². The molecule has 4 aliphatic heterocycles. The first-order valence-electron chi connectivity index (χ1n) is 7.27. The summed E-state index contributed by atoms with van der Waals surface area (Å²) in [5, 5.41) is 13.4. The van der Waals surface area contributed by atoms with Crippen LogP contribution in [0.25, 0.3) is 0 Å². The Labute approximate surface area is 113 Å². The molecule has 0 aliphatic carbocycles. The number of fused-ring (bicyclic) bond motifs is 1. The molecule has 3 N–H and O–H groups in total. The fourth-order valence-corrected chi connectivity index (χ4v) is 4.62. The standard InChI is InChI=1S/C15H19N3O/c19-16-14-12-8-17-6-7-18(9-12)11-15(14,10-17)13-4-2-1-3-5-13/h1-5,12,19H,6-11H2/p+2. The number of hydrogen-bond acceptors (Lipinski definition) is 2. The molecule has 0 spiro atoms. The Bertz CT molecular complexity index is 497. The zero-order valence-corrected chi connectivity index (χ0v) is 11.1. The molecule has 0 saturated carbocycles. The van der Waals surface area contributed by atoms with Crippen LogP contribution < -0.4 is 9.80 Å². The summed E-state index contributed by atoms with van der Waals surface area (Å²) in [6.45, 7) is 7.01. The third kappa shape index (κ3) is 1.56. The topological polar surface area (TPSA) is 41.5 Å². The van der Waals surface area contributed by atoms with Gasteiger partial charge in [-0.25, -0.2) is 0 Å². The molecule has 0 radical (unpaired) electrons. The molecule has 100 valence electrons. The summed E-state index contributed by atoms with van der Waals surface area (Å²) in [5.74, 6) is 0.459. The van der Waals surface area contributed by atoms with Gasteiger partial charge in [-0.1, -0.05) is 35.5 Å². The lowest BCUT2D eigenvalue weighted by molar-refractivity contribution is -0.918. The van der Waals surface area contributed by atoms with Gasteiger partial charge in [-0.05, 0) is 5.56 Å². The highest BCUT2D eigenvalue weighted by molar-refractivity contribution is 5.97. The van der Waals surface area contributed by atoms with Gasteiger partial charge in [0.05, 0.1) is 31.9 Å². The summed E-state index contributed by atoms with van der Waals surface area (Å²) >= 11 is 0. The van der Waals surface area contributed by atoms with Gasteiger partial charge in [0, 0.05) is 0 Å². The van der Waals surface area contributed by atoms with Gasteiger partial charge < -0.3 is 15.0 Å². The summed E-state index contributed by atoms with van der Waals surface area (Å²) in [5.41, 5.74) is 2.36. The molecule has 4 nitrogen and oxygen atoms in total. The Balaban J connectivity index is 1.88. The Hall–Kier alpha value is -1.39. The molecule has 2 atom stereocenters. The number of piperidine rings is 2. The van der Waals surface area contributed by atoms with Gasteiger partial charge in [0.15, 0.2) is 0 Å². The van der Waals surface area contributed by atoms with Crippen molar-refractivity contribution in [2.45, 2.75) is 5.41 Å². The van der Waals surface area contributed by atoms with Crippen LogP contribution in [0.3, 0.4) is 0 Å². The number of nitrogens with zero attached hydrogens (tertiary/aromatic N) is 1. The van der Waals surface area contributed by atoms with Crippen molar-refractivity contribution in [1.29, 1.82) is 0 Å². The van der Waals surface area contributed by atoms with E-state index in [1.165, 1.54) is 18.7 Å². The molecule has 5 rings (SSSR count). The molecular weight excluding hydrogens is 238 g/mol. The van der Waals surface area contributed by atoms with Crippen LogP contribution in [0.5, 0.6) is 0 Å². The predicted molar refractivity (Wildman–Crippen MR) is 72.0 cm³/mol. The minimum absolute atomic E-state index is 0.0294. The lowest BCUT2D eigenvalue weighted by atomic mass is 9.66. The van der Waals surface area contributed by atoms with E-state index in [0.29, 0.717) is 5.92 Å². The Kier molecular flexibility index (Phi) is 2.44. The monoisotopic (exact) mass is 259 g/mol. The van der Waals surface area contributed by atoms with E-state index >= 15 is 0 Å². The Morgan fingerprint density at radius 3 is 2.26 bits per heavy atom. The summed E-state index contributed by atoms with van der Waals surface area (Å²) < 4.78 is 0. The number of rotatable bonds is 1. The van der Waals surface area contributed by atoms with Crippen LogP contribution in [0.4, 0.5) is 0 Å². The first kappa shape index (κ1) is 11.4. The molecule has 4 bridgehead atoms. The van der Waals surface area contributed by atoms with E-state index in [1.807, 2.05) is 0 Å². The average molecular weight is 259 g/mol. The van der Waals surface area contributed by atoms with Crippen molar-refractivity contribution in [2.24, 2.45) is 11.1 Å². The molecule has 4 aliphatic rings. The second-order valence-corrected chi connectivity index (χ2v) is 6.39. The van der Waals surface area contributed by atoms with Crippen LogP contribution in [0.2, 0.25) is 0 Å². The van der Waals surface area contributed by atoms with Crippen molar-refractivity contribution < 1.29 is 15.0 Å². The van der Waals surface area contributed by atoms with Gasteiger partial charge in [-0.3, -0.25) is 0 Å². The molecule has 1 aromatic rings. The van der Waals surface area contributed by atoms with Crippen molar-refractivity contribution in [3.05, 3.63) is 35.9 Å². The smallest absolute Gasteiger partial charge is 0.135 e. The van der Waals surface area contributed by atoms with Gasteiger partial charge in [-0.2, -0.15) is 0 Å². The van der Waals surface area contributed by atoms with Gasteiger partial charge in [0.1, 0.15) is 24.4 Å². The normalized spacial score (nSPS) is 42.5. The van der Waals surface area contributed by atoms with Crippen LogP contribution in [0.15, 0.2) is 35.5 Å². The van der Waals surface area contributed by atoms with Crippen molar-refractivity contribution in [3.8, 4) is 0 Å². The highest BCUT2D eigenvalue weighted by Gasteiger charge is 2.58. The van der Waals surface area contributed by atoms with Crippen LogP contribution in [0, 0.1) is 5.92 Å². The summed E-state index contributed by atoms with van der Waals surface area (Å²) in [7, 11) is 0. The molecule has 19 heavy (non-hydrogen) atoms. The Morgan fingerprint density at radius 1 is 1.05 bits per heavy atom. The van der Waals surface area contributed by atoms with E-state index in [2.05, 4.69) is 35.5 Å². The van der Waals surface area contributed by atoms with E-state index in [9.17, 15) is 5.21 Å². The SMILES string of the molecule is ON=C1C2C[NH+]3CC[NH+](C2)CC1(c1ccccc1)C3. The quantitative estimate of drug-likeness (QED) is 0.403. The summed E-state index contributed by atoms with van der Waals surface area (Å²) in [6, 6.07) is 10.7. The van der Waals surface area contributed by atoms with E-state index in [-0.39, 0.29) is 5.41 Å². The molecule has 0 amide bonds. The molecule has 4 fully saturated rings. The van der Waals surface area contributed by atoms with Gasteiger partial charge in [-0.15, -0.1) is 0 Å². The molecule has 4 heteroatoms. The van der Waals surface area contributed by atoms with Gasteiger partial charge >= 0.3 is 0 Å². The van der Waals surface area contributed by atoms with E-state index in [4.69, 9.17) is 0 Å². The van der Waals surface area contributed by atoms with E-state index in [1.54, 1.807) is 9.80 Å². The van der Waals surface area contributed by atoms with Crippen LogP contribution in [-0.4, -0.2) is 50.2 Å². The van der Waals surface area contributed by atoms with Crippen molar-refractivity contribution >= 4 is 5.71 Å². The number of benzene rings is 1. The molecular formula is C15H21N3O+2. The summed E-state index contributed by atoms with van der Waals surface area (Å²) in [6.07, 6.45) is 0. The fraction of sp³-hybridized carbons (Fsp3) is 0.533. The summed E-state index contributed by atoms with van der Waals surface area (Å²) in [4.78, 5) is 3.38. The third-order valence-corrected chi connectivity index (χ3v) is 5.32. The van der Waals surface area contributed by atoms with Crippen LogP contribution >= 0.6 is 0 Å². The van der Waals surface area contributed by atoms with Crippen LogP contribution in [0.1, 0.15) is 5.56 Å². The lowest BCUT2D eigenvalue weighted by Crippen LogP contribution is -3.17. The number of oxime groups is 1. The number of hydrogen-bond donors (Lipinski definition) is 3. The molecule has 4 saturated heterocycles. The van der Waals surface area contributed by atoms with Gasteiger partial charge in [0.25, 0.3) is 0 Å². The highest BCUT2D eigenvalue weighted by Crippen LogP contribution is 2.31. The van der Waals surface area contributed by atoms with Gasteiger partial charge in [0.2, 0.25) is 0 Å². The zero-order chi connectivity index (χ0) is 12.9. The minimum atomic E-state index is -0.0294. The average Bonchev–Trinajstić information content (AvgIpc) is 2.68. The van der Waals surface area contributed by atoms with E-state index < -0.39 is 0 Å². The zero-order valence-electron chi connectivity index (χ0n) is 11.1. The minimum Gasteiger partial charge on any atom is -0.411 e. The number of nitrogens with one attached hydrogen (secondary N) is 2. The van der Waals surface area contributed by atoms with E-state index in [0.717, 1.165) is 31.9 Å². The maximum absolute atomic E-state index is 9.59. The molecule has 2 unspecified atom stereocenters. The Morgan fingerprint density at radius 2 is 1.68 bits per heavy atom. The van der Waals surface area contributed by atoms with Crippen molar-refractivity contribution in [2.75, 3.05) is 39.3 Å². The maximum Gasteiger partial charge on any atom is 0.135 e. The molecule has 1 aromatic carbocycles. The largest absolute Gasteiger partial charge is 0.411 e. The second-order valence-electron chi connectivity index (χ2n) is 6.39. The first-order chi connectivity index (χ1) is 9.32. The van der Waals surface area contributed by atoms with Crippen molar-refractivity contribution in [3.63, 3.8) is 0 Å². The third-order valence-electron chi connectivity index (χ3n) is 5.32.